The molecule has 0 saturated carbocycles. The third-order valence-corrected chi connectivity index (χ3v) is 1.97. The molecule has 1 N–H and O–H groups in total. The quantitative estimate of drug-likeness (QED) is 0.520. The van der Waals surface area contributed by atoms with Crippen LogP contribution >= 0.6 is 15.9 Å². The summed E-state index contributed by atoms with van der Waals surface area (Å²) in [6.45, 7) is 2.04. The third kappa shape index (κ3) is 3.71. The van der Waals surface area contributed by atoms with E-state index in [0.717, 1.165) is 0 Å². The lowest BCUT2D eigenvalue weighted by atomic mass is 10.3. The summed E-state index contributed by atoms with van der Waals surface area (Å²) in [5.41, 5.74) is 0.317. The monoisotopic (exact) mass is 271 g/mol. The van der Waals surface area contributed by atoms with Gasteiger partial charge in [-0.3, -0.25) is 0 Å². The number of carbonyl (C=O) groups is 1. The fraction of sp³-hybridized carbons (Fsp3) is 0.200. The first kappa shape index (κ1) is 11.7. The van der Waals surface area contributed by atoms with Crippen LogP contribution in [0.15, 0.2) is 22.8 Å². The molecule has 0 radical (unpaired) electrons. The summed E-state index contributed by atoms with van der Waals surface area (Å²) < 4.78 is 5.27. The van der Waals surface area contributed by atoms with Crippen LogP contribution < -0.4 is 0 Å². The maximum atomic E-state index is 11.0. The number of pyridine rings is 1. The van der Waals surface area contributed by atoms with Crippen molar-refractivity contribution in [1.82, 2.24) is 4.98 Å². The van der Waals surface area contributed by atoms with Gasteiger partial charge in [-0.15, -0.1) is 0 Å². The van der Waals surface area contributed by atoms with E-state index in [0.29, 0.717) is 16.9 Å². The summed E-state index contributed by atoms with van der Waals surface area (Å²) in [5.74, 6) is -0.447. The van der Waals surface area contributed by atoms with E-state index < -0.39 is 5.97 Å². The molecule has 0 spiro atoms. The average Bonchev–Trinajstić information content (AvgIpc) is 2.20. The highest BCUT2D eigenvalue weighted by molar-refractivity contribution is 9.10. The number of esters is 1. The molecule has 0 fully saturated rings. The Morgan fingerprint density at radius 3 is 3.07 bits per heavy atom. The highest BCUT2D eigenvalue weighted by Gasteiger charge is 2.01. The minimum atomic E-state index is -0.460. The second-order valence-electron chi connectivity index (χ2n) is 2.62. The molecule has 0 aliphatic rings. The third-order valence-electron chi connectivity index (χ3n) is 1.53. The van der Waals surface area contributed by atoms with Gasteiger partial charge < -0.3 is 9.84 Å². The fourth-order valence-corrected chi connectivity index (χ4v) is 1.23. The molecule has 0 saturated heterocycles. The van der Waals surface area contributed by atoms with Crippen LogP contribution in [-0.2, 0) is 9.53 Å². The summed E-state index contributed by atoms with van der Waals surface area (Å²) in [5, 5.41) is 9.39. The molecule has 1 aromatic rings. The van der Waals surface area contributed by atoms with Crippen molar-refractivity contribution in [3.63, 3.8) is 0 Å². The number of aromatic nitrogens is 1. The van der Waals surface area contributed by atoms with Crippen LogP contribution in [0.1, 0.15) is 12.6 Å². The number of aromatic hydroxyl groups is 1. The highest BCUT2D eigenvalue weighted by atomic mass is 79.9. The zero-order chi connectivity index (χ0) is 11.3. The van der Waals surface area contributed by atoms with Crippen LogP contribution in [0, 0.1) is 0 Å². The van der Waals surface area contributed by atoms with Crippen molar-refractivity contribution < 1.29 is 14.6 Å². The Bertz CT molecular complexity index is 390. The number of hydrogen-bond acceptors (Lipinski definition) is 4. The number of nitrogens with zero attached hydrogens (tertiary/aromatic N) is 1. The number of carbonyl (C=O) groups excluding carboxylic acids is 1. The summed E-state index contributed by atoms with van der Waals surface area (Å²) in [6.07, 6.45) is 2.62. The van der Waals surface area contributed by atoms with E-state index in [1.165, 1.54) is 18.2 Å². The molecule has 80 valence electrons. The van der Waals surface area contributed by atoms with Crippen LogP contribution in [-0.4, -0.2) is 22.7 Å². The zero-order valence-electron chi connectivity index (χ0n) is 8.11. The van der Waals surface area contributed by atoms with Crippen molar-refractivity contribution in [1.29, 1.82) is 0 Å². The van der Waals surface area contributed by atoms with Crippen molar-refractivity contribution in [2.24, 2.45) is 0 Å². The molecule has 0 bridgehead atoms. The first-order chi connectivity index (χ1) is 7.13. The lowest BCUT2D eigenvalue weighted by Crippen LogP contribution is -1.98. The number of hydrogen-bond donors (Lipinski definition) is 1. The van der Waals surface area contributed by atoms with Gasteiger partial charge in [0.05, 0.1) is 6.61 Å². The van der Waals surface area contributed by atoms with Crippen molar-refractivity contribution in [3.05, 3.63) is 28.5 Å². The van der Waals surface area contributed by atoms with Crippen LogP contribution in [0.2, 0.25) is 0 Å². The number of ether oxygens (including phenoxy) is 1. The minimum absolute atomic E-state index is 0.0127. The van der Waals surface area contributed by atoms with Gasteiger partial charge in [0, 0.05) is 6.08 Å². The van der Waals surface area contributed by atoms with Gasteiger partial charge in [-0.2, -0.15) is 0 Å². The van der Waals surface area contributed by atoms with Crippen LogP contribution in [0.25, 0.3) is 6.08 Å². The van der Waals surface area contributed by atoms with E-state index in [-0.39, 0.29) is 5.75 Å². The van der Waals surface area contributed by atoms with E-state index in [1.807, 2.05) is 0 Å². The molecule has 1 aromatic heterocycles. The Hall–Kier alpha value is -1.36. The minimum Gasteiger partial charge on any atom is -0.506 e. The van der Waals surface area contributed by atoms with Gasteiger partial charge in [-0.05, 0) is 41.1 Å². The van der Waals surface area contributed by atoms with E-state index in [2.05, 4.69) is 25.7 Å². The first-order valence-electron chi connectivity index (χ1n) is 4.34. The molecule has 0 amide bonds. The van der Waals surface area contributed by atoms with E-state index in [4.69, 9.17) is 0 Å². The van der Waals surface area contributed by atoms with E-state index >= 15 is 0 Å². The second-order valence-corrected chi connectivity index (χ2v) is 3.44. The summed E-state index contributed by atoms with van der Waals surface area (Å²) >= 11 is 3.16. The molecular formula is C10H10BrNO3. The van der Waals surface area contributed by atoms with Crippen LogP contribution in [0.4, 0.5) is 0 Å². The van der Waals surface area contributed by atoms with Gasteiger partial charge in [0.1, 0.15) is 16.0 Å². The van der Waals surface area contributed by atoms with Crippen LogP contribution in [0.5, 0.6) is 5.75 Å². The Morgan fingerprint density at radius 1 is 1.67 bits per heavy atom. The molecule has 15 heavy (non-hydrogen) atoms. The maximum absolute atomic E-state index is 11.0. The van der Waals surface area contributed by atoms with Crippen molar-refractivity contribution in [2.75, 3.05) is 6.61 Å². The van der Waals surface area contributed by atoms with Crippen molar-refractivity contribution in [3.8, 4) is 5.75 Å². The van der Waals surface area contributed by atoms with Gasteiger partial charge >= 0.3 is 5.97 Å². The zero-order valence-corrected chi connectivity index (χ0v) is 9.69. The summed E-state index contributed by atoms with van der Waals surface area (Å²) in [4.78, 5) is 15.0. The van der Waals surface area contributed by atoms with Gasteiger partial charge in [0.2, 0.25) is 0 Å². The Morgan fingerprint density at radius 2 is 2.40 bits per heavy atom. The first-order valence-corrected chi connectivity index (χ1v) is 5.13. The summed E-state index contributed by atoms with van der Waals surface area (Å²) in [6, 6.07) is 3.10. The molecule has 4 nitrogen and oxygen atoms in total. The maximum Gasteiger partial charge on any atom is 0.330 e. The highest BCUT2D eigenvalue weighted by Crippen LogP contribution is 2.18. The molecule has 0 aliphatic carbocycles. The topological polar surface area (TPSA) is 59.4 Å². The fourth-order valence-electron chi connectivity index (χ4n) is 0.903. The molecule has 0 aromatic carbocycles. The van der Waals surface area contributed by atoms with Crippen molar-refractivity contribution >= 4 is 28.0 Å². The Kier molecular flexibility index (Phi) is 4.30. The van der Waals surface area contributed by atoms with Gasteiger partial charge in [0.15, 0.2) is 0 Å². The summed E-state index contributed by atoms with van der Waals surface area (Å²) in [7, 11) is 0. The van der Waals surface area contributed by atoms with Crippen LogP contribution in [0.3, 0.4) is 0 Å². The van der Waals surface area contributed by atoms with Gasteiger partial charge in [-0.1, -0.05) is 0 Å². The van der Waals surface area contributed by atoms with E-state index in [9.17, 15) is 9.90 Å². The van der Waals surface area contributed by atoms with Crippen molar-refractivity contribution in [2.45, 2.75) is 6.92 Å². The van der Waals surface area contributed by atoms with E-state index in [1.54, 1.807) is 13.0 Å². The Labute approximate surface area is 95.7 Å². The molecule has 0 atom stereocenters. The smallest absolute Gasteiger partial charge is 0.330 e. The predicted molar refractivity (Wildman–Crippen MR) is 59.3 cm³/mol. The molecule has 1 heterocycles. The number of rotatable bonds is 3. The predicted octanol–water partition coefficient (Wildman–Crippen LogP) is 2.13. The molecule has 1 rings (SSSR count). The SMILES string of the molecule is CCOC(=O)C=Cc1nc(Br)ccc1O. The lowest BCUT2D eigenvalue weighted by Gasteiger charge is -1.98. The molecule has 0 unspecified atom stereocenters. The molecule has 5 heteroatoms. The normalized spacial score (nSPS) is 10.5. The average molecular weight is 272 g/mol. The lowest BCUT2D eigenvalue weighted by molar-refractivity contribution is -0.137. The van der Waals surface area contributed by atoms with Gasteiger partial charge in [-0.25, -0.2) is 9.78 Å². The van der Waals surface area contributed by atoms with Gasteiger partial charge in [0.25, 0.3) is 0 Å². The second kappa shape index (κ2) is 5.50. The Balaban J connectivity index is 2.79. The molecular weight excluding hydrogens is 262 g/mol. The standard InChI is InChI=1S/C10H10BrNO3/c1-2-15-10(14)6-3-7-8(13)4-5-9(11)12-7/h3-6,13H,2H2,1H3. The molecule has 0 aliphatic heterocycles. The largest absolute Gasteiger partial charge is 0.506 e. The number of halogens is 1.